The van der Waals surface area contributed by atoms with Crippen LogP contribution in [0.4, 0.5) is 20.2 Å². The Balaban J connectivity index is 1.81. The number of nitro benzene ring substituents is 1. The zero-order chi connectivity index (χ0) is 17.1. The average molecular weight is 329 g/mol. The van der Waals surface area contributed by atoms with Crippen molar-refractivity contribution >= 4 is 22.1 Å². The van der Waals surface area contributed by atoms with Crippen LogP contribution in [-0.2, 0) is 6.42 Å². The third kappa shape index (κ3) is 3.15. The van der Waals surface area contributed by atoms with Crippen LogP contribution in [0.5, 0.6) is 0 Å². The first-order chi connectivity index (χ1) is 11.6. The molecule has 1 N–H and O–H groups in total. The van der Waals surface area contributed by atoms with Gasteiger partial charge in [-0.05, 0) is 30.2 Å². The number of hydrogen-bond donors (Lipinski definition) is 1. The van der Waals surface area contributed by atoms with Gasteiger partial charge < -0.3 is 5.32 Å². The van der Waals surface area contributed by atoms with Gasteiger partial charge in [0, 0.05) is 42.1 Å². The van der Waals surface area contributed by atoms with E-state index in [0.29, 0.717) is 35.0 Å². The number of rotatable bonds is 5. The molecule has 0 atom stereocenters. The monoisotopic (exact) mass is 329 g/mol. The molecule has 0 aliphatic carbocycles. The quantitative estimate of drug-likeness (QED) is 0.566. The molecule has 122 valence electrons. The standard InChI is InChI=1S/C17H13F2N3O2/c18-12-2-1-11(15(19)9-12)5-8-21-16-3-4-17(22(23)24)14-10-20-7-6-13(14)16/h1-4,6-7,9-10,21H,5,8H2. The molecule has 3 aromatic rings. The van der Waals surface area contributed by atoms with Gasteiger partial charge in [0.15, 0.2) is 0 Å². The number of nitrogens with zero attached hydrogens (tertiary/aromatic N) is 2. The highest BCUT2D eigenvalue weighted by Gasteiger charge is 2.14. The number of halogens is 2. The summed E-state index contributed by atoms with van der Waals surface area (Å²) in [6.45, 7) is 0.401. The van der Waals surface area contributed by atoms with Gasteiger partial charge in [-0.15, -0.1) is 0 Å². The summed E-state index contributed by atoms with van der Waals surface area (Å²) in [4.78, 5) is 14.5. The van der Waals surface area contributed by atoms with Gasteiger partial charge in [0.2, 0.25) is 0 Å². The van der Waals surface area contributed by atoms with E-state index in [1.165, 1.54) is 24.4 Å². The van der Waals surface area contributed by atoms with Crippen molar-refractivity contribution in [2.45, 2.75) is 6.42 Å². The lowest BCUT2D eigenvalue weighted by atomic mass is 10.1. The minimum atomic E-state index is -0.613. The van der Waals surface area contributed by atoms with Crippen LogP contribution >= 0.6 is 0 Å². The zero-order valence-electron chi connectivity index (χ0n) is 12.5. The van der Waals surface area contributed by atoms with E-state index in [0.717, 1.165) is 6.07 Å². The first-order valence-electron chi connectivity index (χ1n) is 7.25. The Bertz CT molecular complexity index is 915. The summed E-state index contributed by atoms with van der Waals surface area (Å²) in [5.41, 5.74) is 1.07. The minimum absolute atomic E-state index is 0.0202. The van der Waals surface area contributed by atoms with Gasteiger partial charge in [-0.2, -0.15) is 0 Å². The first-order valence-corrected chi connectivity index (χ1v) is 7.25. The molecule has 0 bridgehead atoms. The molecule has 0 aliphatic heterocycles. The van der Waals surface area contributed by atoms with Crippen LogP contribution in [0.1, 0.15) is 5.56 Å². The van der Waals surface area contributed by atoms with E-state index < -0.39 is 16.6 Å². The number of fused-ring (bicyclic) bond motifs is 1. The molecule has 0 unspecified atom stereocenters. The summed E-state index contributed by atoms with van der Waals surface area (Å²) in [7, 11) is 0. The minimum Gasteiger partial charge on any atom is -0.384 e. The van der Waals surface area contributed by atoms with Crippen LogP contribution in [0.15, 0.2) is 48.8 Å². The summed E-state index contributed by atoms with van der Waals surface area (Å²) in [5.74, 6) is -1.20. The van der Waals surface area contributed by atoms with E-state index in [1.54, 1.807) is 18.3 Å². The molecule has 5 nitrogen and oxygen atoms in total. The molecule has 24 heavy (non-hydrogen) atoms. The molecule has 2 aromatic carbocycles. The van der Waals surface area contributed by atoms with Gasteiger partial charge in [0.05, 0.1) is 10.3 Å². The molecule has 0 spiro atoms. The number of non-ortho nitro benzene ring substituents is 1. The van der Waals surface area contributed by atoms with Crippen LogP contribution < -0.4 is 5.32 Å². The summed E-state index contributed by atoms with van der Waals surface area (Å²) >= 11 is 0. The molecule has 0 aliphatic rings. The number of anilines is 1. The van der Waals surface area contributed by atoms with Crippen LogP contribution in [0, 0.1) is 21.7 Å². The van der Waals surface area contributed by atoms with Crippen molar-refractivity contribution in [2.24, 2.45) is 0 Å². The Morgan fingerprint density at radius 3 is 2.71 bits per heavy atom. The molecule has 0 radical (unpaired) electrons. The smallest absolute Gasteiger partial charge is 0.278 e. The van der Waals surface area contributed by atoms with Crippen molar-refractivity contribution in [1.29, 1.82) is 0 Å². The third-order valence-corrected chi connectivity index (χ3v) is 3.72. The number of aromatic nitrogens is 1. The molecule has 0 saturated carbocycles. The van der Waals surface area contributed by atoms with Gasteiger partial charge in [-0.1, -0.05) is 6.07 Å². The predicted octanol–water partition coefficient (Wildman–Crippen LogP) is 4.08. The Kier molecular flexibility index (Phi) is 4.33. The van der Waals surface area contributed by atoms with Crippen molar-refractivity contribution in [2.75, 3.05) is 11.9 Å². The number of nitrogens with one attached hydrogen (secondary N) is 1. The second kappa shape index (κ2) is 6.57. The van der Waals surface area contributed by atoms with E-state index in [2.05, 4.69) is 10.3 Å². The number of nitro groups is 1. The van der Waals surface area contributed by atoms with Crippen LogP contribution in [0.2, 0.25) is 0 Å². The summed E-state index contributed by atoms with van der Waals surface area (Å²) in [6.07, 6.45) is 3.35. The number of pyridine rings is 1. The second-order valence-electron chi connectivity index (χ2n) is 5.22. The zero-order valence-corrected chi connectivity index (χ0v) is 12.5. The maximum absolute atomic E-state index is 13.6. The highest BCUT2D eigenvalue weighted by Crippen LogP contribution is 2.30. The lowest BCUT2D eigenvalue weighted by molar-refractivity contribution is -0.383. The van der Waals surface area contributed by atoms with E-state index in [9.17, 15) is 18.9 Å². The summed E-state index contributed by atoms with van der Waals surface area (Å²) in [6, 6.07) is 8.17. The number of hydrogen-bond acceptors (Lipinski definition) is 4. The number of benzene rings is 2. The fourth-order valence-corrected chi connectivity index (χ4v) is 2.54. The Morgan fingerprint density at radius 1 is 1.12 bits per heavy atom. The molecule has 0 fully saturated rings. The molecule has 1 aromatic heterocycles. The van der Waals surface area contributed by atoms with Crippen LogP contribution in [0.3, 0.4) is 0 Å². The molecular formula is C17H13F2N3O2. The summed E-state index contributed by atoms with van der Waals surface area (Å²) < 4.78 is 26.5. The normalized spacial score (nSPS) is 10.8. The van der Waals surface area contributed by atoms with Crippen molar-refractivity contribution in [3.05, 3.63) is 76.1 Å². The fraction of sp³-hybridized carbons (Fsp3) is 0.118. The fourth-order valence-electron chi connectivity index (χ4n) is 2.54. The van der Waals surface area contributed by atoms with Crippen molar-refractivity contribution < 1.29 is 13.7 Å². The maximum atomic E-state index is 13.6. The summed E-state index contributed by atoms with van der Waals surface area (Å²) in [5, 5.41) is 15.3. The van der Waals surface area contributed by atoms with Crippen molar-refractivity contribution in [3.8, 4) is 0 Å². The Hall–Kier alpha value is -3.09. The van der Waals surface area contributed by atoms with Gasteiger partial charge in [-0.25, -0.2) is 8.78 Å². The van der Waals surface area contributed by atoms with Crippen molar-refractivity contribution in [1.82, 2.24) is 4.98 Å². The molecule has 7 heteroatoms. The van der Waals surface area contributed by atoms with Gasteiger partial charge in [-0.3, -0.25) is 15.1 Å². The third-order valence-electron chi connectivity index (χ3n) is 3.72. The molecule has 1 heterocycles. The highest BCUT2D eigenvalue weighted by molar-refractivity contribution is 5.99. The molecular weight excluding hydrogens is 316 g/mol. The van der Waals surface area contributed by atoms with E-state index >= 15 is 0 Å². The topological polar surface area (TPSA) is 68.1 Å². The SMILES string of the molecule is O=[N+]([O-])c1ccc(NCCc2ccc(F)cc2F)c2ccncc12. The second-order valence-corrected chi connectivity index (χ2v) is 5.22. The lowest BCUT2D eigenvalue weighted by Gasteiger charge is -2.10. The molecule has 0 amide bonds. The highest BCUT2D eigenvalue weighted by atomic mass is 19.1. The van der Waals surface area contributed by atoms with Gasteiger partial charge in [0.25, 0.3) is 5.69 Å². The molecule has 0 saturated heterocycles. The largest absolute Gasteiger partial charge is 0.384 e. The van der Waals surface area contributed by atoms with E-state index in [1.807, 2.05) is 0 Å². The Morgan fingerprint density at radius 2 is 1.96 bits per heavy atom. The van der Waals surface area contributed by atoms with Crippen LogP contribution in [0.25, 0.3) is 10.8 Å². The van der Waals surface area contributed by atoms with E-state index in [-0.39, 0.29) is 5.69 Å². The van der Waals surface area contributed by atoms with Crippen molar-refractivity contribution in [3.63, 3.8) is 0 Å². The van der Waals surface area contributed by atoms with E-state index in [4.69, 9.17) is 0 Å². The lowest BCUT2D eigenvalue weighted by Crippen LogP contribution is -2.07. The average Bonchev–Trinajstić information content (AvgIpc) is 2.56. The maximum Gasteiger partial charge on any atom is 0.278 e. The van der Waals surface area contributed by atoms with Gasteiger partial charge >= 0.3 is 0 Å². The van der Waals surface area contributed by atoms with Gasteiger partial charge in [0.1, 0.15) is 11.6 Å². The van der Waals surface area contributed by atoms with Crippen LogP contribution in [-0.4, -0.2) is 16.5 Å². The molecule has 3 rings (SSSR count). The predicted molar refractivity (Wildman–Crippen MR) is 86.9 cm³/mol. The first kappa shape index (κ1) is 15.8. The Labute approximate surface area is 136 Å².